The molecule has 8 nitrogen and oxygen atoms in total. The van der Waals surface area contributed by atoms with Gasteiger partial charge in [0.25, 0.3) is 11.8 Å². The lowest BCUT2D eigenvalue weighted by Gasteiger charge is -2.30. The highest BCUT2D eigenvalue weighted by Crippen LogP contribution is 2.29. The Hall–Kier alpha value is -3.42. The minimum atomic E-state index is -0.249. The summed E-state index contributed by atoms with van der Waals surface area (Å²) in [5.74, 6) is 0.802. The third kappa shape index (κ3) is 3.95. The lowest BCUT2D eigenvalue weighted by atomic mass is 9.97. The SMILES string of the molecule is O=C(NCC(=O)N1CCC(c2nnc(-c3ccoc3)o2)CC1)c1ccccc1. The first kappa shape index (κ1) is 18.0. The van der Waals surface area contributed by atoms with Crippen molar-refractivity contribution in [1.29, 1.82) is 0 Å². The zero-order valence-corrected chi connectivity index (χ0v) is 15.2. The fourth-order valence-corrected chi connectivity index (χ4v) is 3.24. The Morgan fingerprint density at radius 2 is 1.89 bits per heavy atom. The van der Waals surface area contributed by atoms with Crippen LogP contribution in [0.3, 0.4) is 0 Å². The number of carbonyl (C=O) groups is 2. The van der Waals surface area contributed by atoms with E-state index in [-0.39, 0.29) is 24.3 Å². The van der Waals surface area contributed by atoms with E-state index < -0.39 is 0 Å². The van der Waals surface area contributed by atoms with Crippen LogP contribution in [0.25, 0.3) is 11.5 Å². The summed E-state index contributed by atoms with van der Waals surface area (Å²) in [4.78, 5) is 26.2. The molecule has 144 valence electrons. The van der Waals surface area contributed by atoms with Crippen molar-refractivity contribution < 1.29 is 18.4 Å². The van der Waals surface area contributed by atoms with Crippen molar-refractivity contribution in [3.63, 3.8) is 0 Å². The molecule has 0 atom stereocenters. The summed E-state index contributed by atoms with van der Waals surface area (Å²) in [5, 5.41) is 10.9. The number of rotatable bonds is 5. The normalized spacial score (nSPS) is 14.8. The molecule has 0 aliphatic carbocycles. The standard InChI is InChI=1S/C20H20N4O4/c25-17(12-21-18(26)14-4-2-1-3-5-14)24-9-6-15(7-10-24)19-22-23-20(28-19)16-8-11-27-13-16/h1-5,8,11,13,15H,6-7,9-10,12H2,(H,21,26). The van der Waals surface area contributed by atoms with E-state index in [9.17, 15) is 9.59 Å². The number of furan rings is 1. The summed E-state index contributed by atoms with van der Waals surface area (Å²) in [6.45, 7) is 1.17. The fraction of sp³-hybridized carbons (Fsp3) is 0.300. The van der Waals surface area contributed by atoms with Gasteiger partial charge >= 0.3 is 0 Å². The molecular formula is C20H20N4O4. The Balaban J connectivity index is 1.27. The molecule has 1 fully saturated rings. The van der Waals surface area contributed by atoms with Gasteiger partial charge in [0.1, 0.15) is 6.26 Å². The summed E-state index contributed by atoms with van der Waals surface area (Å²) in [5.41, 5.74) is 1.29. The highest BCUT2D eigenvalue weighted by atomic mass is 16.4. The molecule has 0 spiro atoms. The number of amides is 2. The third-order valence-corrected chi connectivity index (χ3v) is 4.84. The van der Waals surface area contributed by atoms with Crippen LogP contribution in [0.2, 0.25) is 0 Å². The molecule has 1 N–H and O–H groups in total. The number of piperidine rings is 1. The van der Waals surface area contributed by atoms with Gasteiger partial charge in [0.15, 0.2) is 0 Å². The number of hydrogen-bond donors (Lipinski definition) is 1. The van der Waals surface area contributed by atoms with Gasteiger partial charge in [-0.05, 0) is 31.0 Å². The van der Waals surface area contributed by atoms with Gasteiger partial charge in [-0.1, -0.05) is 18.2 Å². The van der Waals surface area contributed by atoms with Crippen molar-refractivity contribution in [1.82, 2.24) is 20.4 Å². The second-order valence-corrected chi connectivity index (χ2v) is 6.66. The molecule has 1 aromatic carbocycles. The third-order valence-electron chi connectivity index (χ3n) is 4.84. The number of carbonyl (C=O) groups excluding carboxylic acids is 2. The van der Waals surface area contributed by atoms with Gasteiger partial charge in [0, 0.05) is 24.6 Å². The first-order chi connectivity index (χ1) is 13.7. The lowest BCUT2D eigenvalue weighted by Crippen LogP contribution is -2.43. The van der Waals surface area contributed by atoms with Gasteiger partial charge in [0.2, 0.25) is 11.8 Å². The van der Waals surface area contributed by atoms with E-state index in [4.69, 9.17) is 8.83 Å². The maximum Gasteiger partial charge on any atom is 0.251 e. The molecule has 0 bridgehead atoms. The van der Waals surface area contributed by atoms with Gasteiger partial charge in [-0.25, -0.2) is 0 Å². The number of benzene rings is 1. The average molecular weight is 380 g/mol. The minimum Gasteiger partial charge on any atom is -0.472 e. The highest BCUT2D eigenvalue weighted by Gasteiger charge is 2.27. The van der Waals surface area contributed by atoms with Crippen molar-refractivity contribution in [3.8, 4) is 11.5 Å². The molecule has 0 radical (unpaired) electrons. The van der Waals surface area contributed by atoms with Crippen LogP contribution in [0, 0.1) is 0 Å². The van der Waals surface area contributed by atoms with Crippen molar-refractivity contribution in [3.05, 3.63) is 60.4 Å². The molecule has 3 aromatic rings. The first-order valence-electron chi connectivity index (χ1n) is 9.17. The number of likely N-dealkylation sites (tertiary alicyclic amines) is 1. The number of nitrogens with zero attached hydrogens (tertiary/aromatic N) is 3. The molecule has 0 saturated carbocycles. The van der Waals surface area contributed by atoms with E-state index in [1.54, 1.807) is 47.8 Å². The van der Waals surface area contributed by atoms with Crippen LogP contribution in [0.4, 0.5) is 0 Å². The van der Waals surface area contributed by atoms with Crippen LogP contribution in [0.5, 0.6) is 0 Å². The second kappa shape index (κ2) is 8.08. The van der Waals surface area contributed by atoms with Crippen LogP contribution in [-0.4, -0.2) is 46.5 Å². The van der Waals surface area contributed by atoms with Crippen LogP contribution >= 0.6 is 0 Å². The number of nitrogens with one attached hydrogen (secondary N) is 1. The van der Waals surface area contributed by atoms with Crippen molar-refractivity contribution in [2.24, 2.45) is 0 Å². The molecule has 3 heterocycles. The molecule has 0 unspecified atom stereocenters. The molecule has 8 heteroatoms. The van der Waals surface area contributed by atoms with E-state index in [0.29, 0.717) is 30.4 Å². The predicted molar refractivity (Wildman–Crippen MR) is 99.3 cm³/mol. The van der Waals surface area contributed by atoms with Crippen molar-refractivity contribution in [2.45, 2.75) is 18.8 Å². The average Bonchev–Trinajstić information content (AvgIpc) is 3.44. The molecule has 2 amide bonds. The molecule has 28 heavy (non-hydrogen) atoms. The van der Waals surface area contributed by atoms with Gasteiger partial charge in [-0.2, -0.15) is 0 Å². The van der Waals surface area contributed by atoms with Crippen molar-refractivity contribution in [2.75, 3.05) is 19.6 Å². The van der Waals surface area contributed by atoms with Crippen LogP contribution in [0.1, 0.15) is 35.0 Å². The topological polar surface area (TPSA) is 101 Å². The lowest BCUT2D eigenvalue weighted by molar-refractivity contribution is -0.131. The smallest absolute Gasteiger partial charge is 0.251 e. The maximum absolute atomic E-state index is 12.4. The Morgan fingerprint density at radius 1 is 1.11 bits per heavy atom. The van der Waals surface area contributed by atoms with Crippen LogP contribution < -0.4 is 5.32 Å². The summed E-state index contributed by atoms with van der Waals surface area (Å²) < 4.78 is 10.8. The van der Waals surface area contributed by atoms with E-state index in [1.807, 2.05) is 6.07 Å². The summed E-state index contributed by atoms with van der Waals surface area (Å²) in [7, 11) is 0. The fourth-order valence-electron chi connectivity index (χ4n) is 3.24. The molecule has 4 rings (SSSR count). The minimum absolute atomic E-state index is 0.0103. The van der Waals surface area contributed by atoms with E-state index in [2.05, 4.69) is 15.5 Å². The van der Waals surface area contributed by atoms with E-state index >= 15 is 0 Å². The van der Waals surface area contributed by atoms with E-state index in [1.165, 1.54) is 0 Å². The first-order valence-corrected chi connectivity index (χ1v) is 9.17. The maximum atomic E-state index is 12.4. The van der Waals surface area contributed by atoms with Gasteiger partial charge in [-0.15, -0.1) is 10.2 Å². The Kier molecular flexibility index (Phi) is 5.18. The summed E-state index contributed by atoms with van der Waals surface area (Å²) in [6.07, 6.45) is 4.60. The number of hydrogen-bond acceptors (Lipinski definition) is 6. The Bertz CT molecular complexity index is 928. The quantitative estimate of drug-likeness (QED) is 0.730. The highest BCUT2D eigenvalue weighted by molar-refractivity contribution is 5.96. The zero-order valence-electron chi connectivity index (χ0n) is 15.2. The van der Waals surface area contributed by atoms with Crippen LogP contribution in [-0.2, 0) is 4.79 Å². The monoisotopic (exact) mass is 380 g/mol. The molecule has 1 aliphatic heterocycles. The van der Waals surface area contributed by atoms with E-state index in [0.717, 1.165) is 18.4 Å². The molecule has 2 aromatic heterocycles. The largest absolute Gasteiger partial charge is 0.472 e. The molecule has 1 saturated heterocycles. The predicted octanol–water partition coefficient (Wildman–Crippen LogP) is 2.47. The number of aromatic nitrogens is 2. The Labute approximate surface area is 161 Å². The zero-order chi connectivity index (χ0) is 19.3. The van der Waals surface area contributed by atoms with Gasteiger partial charge < -0.3 is 19.1 Å². The second-order valence-electron chi connectivity index (χ2n) is 6.66. The summed E-state index contributed by atoms with van der Waals surface area (Å²) >= 11 is 0. The molecule has 1 aliphatic rings. The van der Waals surface area contributed by atoms with Gasteiger partial charge in [0.05, 0.1) is 18.4 Å². The summed E-state index contributed by atoms with van der Waals surface area (Å²) in [6, 6.07) is 10.6. The Morgan fingerprint density at radius 3 is 2.61 bits per heavy atom. The van der Waals surface area contributed by atoms with Crippen LogP contribution in [0.15, 0.2) is 57.8 Å². The molecular weight excluding hydrogens is 360 g/mol. The van der Waals surface area contributed by atoms with Gasteiger partial charge in [-0.3, -0.25) is 9.59 Å². The van der Waals surface area contributed by atoms with Crippen molar-refractivity contribution >= 4 is 11.8 Å².